The highest BCUT2D eigenvalue weighted by Gasteiger charge is 2.07. The van der Waals surface area contributed by atoms with E-state index in [4.69, 9.17) is 46.4 Å². The quantitative estimate of drug-likeness (QED) is 0.431. The van der Waals surface area contributed by atoms with Crippen molar-refractivity contribution in [3.05, 3.63) is 62.1 Å². The number of hydrogen-bond acceptors (Lipinski definition) is 3. The number of benzene rings is 2. The van der Waals surface area contributed by atoms with E-state index in [-0.39, 0.29) is 24.7 Å². The molecule has 0 atom stereocenters. The van der Waals surface area contributed by atoms with Crippen LogP contribution in [0.3, 0.4) is 0 Å². The fourth-order valence-electron chi connectivity index (χ4n) is 2.07. The second kappa shape index (κ2) is 10.5. The third-order valence-corrected chi connectivity index (χ3v) is 4.79. The Balaban J connectivity index is 1.73. The van der Waals surface area contributed by atoms with Crippen molar-refractivity contribution in [1.82, 2.24) is 5.43 Å². The van der Waals surface area contributed by atoms with Crippen LogP contribution in [0.4, 0.5) is 5.69 Å². The van der Waals surface area contributed by atoms with Crippen molar-refractivity contribution in [2.75, 3.05) is 5.32 Å². The molecule has 0 radical (unpaired) electrons. The first-order valence-corrected chi connectivity index (χ1v) is 9.39. The highest BCUT2D eigenvalue weighted by Crippen LogP contribution is 2.25. The lowest BCUT2D eigenvalue weighted by molar-refractivity contribution is -0.121. The molecule has 27 heavy (non-hydrogen) atoms. The monoisotopic (exact) mass is 445 g/mol. The van der Waals surface area contributed by atoms with Gasteiger partial charge >= 0.3 is 0 Å². The highest BCUT2D eigenvalue weighted by molar-refractivity contribution is 6.42. The third-order valence-electron chi connectivity index (χ3n) is 3.39. The highest BCUT2D eigenvalue weighted by atomic mass is 35.5. The van der Waals surface area contributed by atoms with E-state index in [2.05, 4.69) is 15.8 Å². The van der Waals surface area contributed by atoms with Crippen molar-refractivity contribution in [3.8, 4) is 0 Å². The Labute approximate surface area is 176 Å². The molecule has 0 spiro atoms. The summed E-state index contributed by atoms with van der Waals surface area (Å²) in [6.45, 7) is 0. The van der Waals surface area contributed by atoms with Gasteiger partial charge in [0, 0.05) is 24.1 Å². The first kappa shape index (κ1) is 21.5. The zero-order valence-corrected chi connectivity index (χ0v) is 17.0. The summed E-state index contributed by atoms with van der Waals surface area (Å²) in [5.74, 6) is -0.552. The Hall–Kier alpha value is -1.79. The van der Waals surface area contributed by atoms with E-state index in [9.17, 15) is 9.59 Å². The summed E-state index contributed by atoms with van der Waals surface area (Å²) in [4.78, 5) is 23.7. The molecule has 0 aliphatic carbocycles. The first-order valence-electron chi connectivity index (χ1n) is 7.87. The zero-order chi connectivity index (χ0) is 19.8. The fraction of sp³-hybridized carbons (Fsp3) is 0.167. The summed E-state index contributed by atoms with van der Waals surface area (Å²) in [6, 6.07) is 9.85. The average molecular weight is 447 g/mol. The molecule has 2 rings (SSSR count). The van der Waals surface area contributed by atoms with Gasteiger partial charge in [-0.3, -0.25) is 9.59 Å². The number of hydrazone groups is 1. The van der Waals surface area contributed by atoms with Crippen LogP contribution in [-0.4, -0.2) is 18.0 Å². The number of nitrogens with zero attached hydrogens (tertiary/aromatic N) is 1. The van der Waals surface area contributed by atoms with Crippen LogP contribution < -0.4 is 10.7 Å². The predicted octanol–water partition coefficient (Wildman–Crippen LogP) is 5.56. The summed E-state index contributed by atoms with van der Waals surface area (Å²) in [7, 11) is 0. The zero-order valence-electron chi connectivity index (χ0n) is 13.9. The molecule has 9 heteroatoms. The van der Waals surface area contributed by atoms with Crippen LogP contribution in [0.2, 0.25) is 20.1 Å². The maximum absolute atomic E-state index is 11.9. The second-order valence-corrected chi connectivity index (χ2v) is 7.09. The lowest BCUT2D eigenvalue weighted by Gasteiger charge is -2.06. The Morgan fingerprint density at radius 1 is 0.889 bits per heavy atom. The molecule has 142 valence electrons. The molecule has 2 N–H and O–H groups in total. The van der Waals surface area contributed by atoms with Crippen LogP contribution in [-0.2, 0) is 9.59 Å². The number of anilines is 1. The molecule has 2 aromatic carbocycles. The number of nitrogens with one attached hydrogen (secondary N) is 2. The Morgan fingerprint density at radius 2 is 1.56 bits per heavy atom. The van der Waals surface area contributed by atoms with Gasteiger partial charge in [0.05, 0.1) is 26.3 Å². The van der Waals surface area contributed by atoms with Crippen molar-refractivity contribution >= 4 is 70.1 Å². The molecule has 0 unspecified atom stereocenters. The van der Waals surface area contributed by atoms with Crippen LogP contribution in [0.15, 0.2) is 41.5 Å². The second-order valence-electron chi connectivity index (χ2n) is 5.46. The number of carbonyl (C=O) groups is 2. The smallest absolute Gasteiger partial charge is 0.240 e. The predicted molar refractivity (Wildman–Crippen MR) is 111 cm³/mol. The SMILES string of the molecule is O=C(CCCC(=O)Nc1ccc(Cl)c(Cl)c1)NN=Cc1c(Cl)cccc1Cl. The Kier molecular flexibility index (Phi) is 8.38. The first-order chi connectivity index (χ1) is 12.9. The molecule has 2 amide bonds. The lowest BCUT2D eigenvalue weighted by Crippen LogP contribution is -2.18. The minimum atomic E-state index is -0.322. The largest absolute Gasteiger partial charge is 0.326 e. The Bertz CT molecular complexity index is 851. The van der Waals surface area contributed by atoms with Gasteiger partial charge in [-0.1, -0.05) is 52.5 Å². The number of carbonyl (C=O) groups excluding carboxylic acids is 2. The van der Waals surface area contributed by atoms with Gasteiger partial charge in [0.15, 0.2) is 0 Å². The van der Waals surface area contributed by atoms with Crippen molar-refractivity contribution in [1.29, 1.82) is 0 Å². The van der Waals surface area contributed by atoms with Gasteiger partial charge in [0.25, 0.3) is 0 Å². The van der Waals surface area contributed by atoms with Crippen LogP contribution in [0.1, 0.15) is 24.8 Å². The van der Waals surface area contributed by atoms with Gasteiger partial charge in [0.2, 0.25) is 11.8 Å². The summed E-state index contributed by atoms with van der Waals surface area (Å²) in [5.41, 5.74) is 3.43. The third kappa shape index (κ3) is 7.03. The van der Waals surface area contributed by atoms with E-state index in [0.29, 0.717) is 37.8 Å². The molecule has 0 heterocycles. The average Bonchev–Trinajstić information content (AvgIpc) is 2.61. The topological polar surface area (TPSA) is 70.6 Å². The molecular weight excluding hydrogens is 432 g/mol. The molecule has 0 saturated heterocycles. The fourth-order valence-corrected chi connectivity index (χ4v) is 2.86. The molecular formula is C18H15Cl4N3O2. The summed E-state index contributed by atoms with van der Waals surface area (Å²) in [6.07, 6.45) is 2.05. The molecule has 0 fully saturated rings. The van der Waals surface area contributed by atoms with E-state index in [1.807, 2.05) is 0 Å². The van der Waals surface area contributed by atoms with Gasteiger partial charge in [0.1, 0.15) is 0 Å². The molecule has 0 aliphatic heterocycles. The molecule has 0 aliphatic rings. The number of hydrogen-bond donors (Lipinski definition) is 2. The van der Waals surface area contributed by atoms with E-state index >= 15 is 0 Å². The standard InChI is InChI=1S/C18H15Cl4N3O2/c19-13-3-1-4-14(20)12(13)10-23-25-18(27)6-2-5-17(26)24-11-7-8-15(21)16(22)9-11/h1,3-4,7-10H,2,5-6H2,(H,24,26)(H,25,27). The van der Waals surface area contributed by atoms with Gasteiger partial charge in [-0.25, -0.2) is 5.43 Å². The maximum Gasteiger partial charge on any atom is 0.240 e. The van der Waals surface area contributed by atoms with E-state index in [1.165, 1.54) is 6.21 Å². The lowest BCUT2D eigenvalue weighted by atomic mass is 10.2. The molecule has 0 aromatic heterocycles. The van der Waals surface area contributed by atoms with E-state index in [0.717, 1.165) is 0 Å². The van der Waals surface area contributed by atoms with E-state index < -0.39 is 0 Å². The van der Waals surface area contributed by atoms with Crippen molar-refractivity contribution in [2.45, 2.75) is 19.3 Å². The number of amides is 2. The van der Waals surface area contributed by atoms with Gasteiger partial charge in [-0.05, 0) is 36.8 Å². The molecule has 2 aromatic rings. The number of halogens is 4. The molecule has 0 saturated carbocycles. The summed E-state index contributed by atoms with van der Waals surface area (Å²) in [5, 5.41) is 8.13. The normalized spacial score (nSPS) is 10.8. The van der Waals surface area contributed by atoms with Crippen LogP contribution in [0, 0.1) is 0 Å². The molecule has 0 bridgehead atoms. The van der Waals surface area contributed by atoms with Crippen molar-refractivity contribution in [3.63, 3.8) is 0 Å². The van der Waals surface area contributed by atoms with E-state index in [1.54, 1.807) is 36.4 Å². The minimum absolute atomic E-state index is 0.141. The van der Waals surface area contributed by atoms with Crippen LogP contribution in [0.25, 0.3) is 0 Å². The summed E-state index contributed by atoms with van der Waals surface area (Å²) < 4.78 is 0. The van der Waals surface area contributed by atoms with Gasteiger partial charge in [-0.15, -0.1) is 0 Å². The Morgan fingerprint density at radius 3 is 2.22 bits per heavy atom. The van der Waals surface area contributed by atoms with Crippen LogP contribution in [0.5, 0.6) is 0 Å². The van der Waals surface area contributed by atoms with Crippen molar-refractivity contribution in [2.24, 2.45) is 5.10 Å². The van der Waals surface area contributed by atoms with Crippen molar-refractivity contribution < 1.29 is 9.59 Å². The van der Waals surface area contributed by atoms with Gasteiger partial charge in [-0.2, -0.15) is 5.10 Å². The van der Waals surface area contributed by atoms with Gasteiger partial charge < -0.3 is 5.32 Å². The summed E-state index contributed by atoms with van der Waals surface area (Å²) >= 11 is 23.7. The minimum Gasteiger partial charge on any atom is -0.326 e. The van der Waals surface area contributed by atoms with Crippen LogP contribution >= 0.6 is 46.4 Å². The molecule has 5 nitrogen and oxygen atoms in total. The maximum atomic E-state index is 11.9. The number of rotatable bonds is 7.